The number of aliphatic hydroxyl groups is 1. The molecule has 0 aliphatic carbocycles. The lowest BCUT2D eigenvalue weighted by atomic mass is 9.79. The van der Waals surface area contributed by atoms with Crippen LogP contribution in [0, 0.1) is 0 Å². The molecule has 136 valence electrons. The Balaban J connectivity index is 1.77. The van der Waals surface area contributed by atoms with Crippen LogP contribution in [0.15, 0.2) is 24.3 Å². The van der Waals surface area contributed by atoms with E-state index in [-0.39, 0.29) is 11.1 Å². The van der Waals surface area contributed by atoms with Gasteiger partial charge in [-0.05, 0) is 64.7 Å². The number of benzene rings is 1. The van der Waals surface area contributed by atoms with Crippen molar-refractivity contribution in [3.63, 3.8) is 0 Å². The molecule has 1 aliphatic rings. The summed E-state index contributed by atoms with van der Waals surface area (Å²) in [5, 5.41) is 17.4. The smallest absolute Gasteiger partial charge is 0.119 e. The Morgan fingerprint density at radius 3 is 2.54 bits per heavy atom. The monoisotopic (exact) mass is 334 g/mol. The summed E-state index contributed by atoms with van der Waals surface area (Å²) in [5.41, 5.74) is 1.47. The van der Waals surface area contributed by atoms with Crippen molar-refractivity contribution in [2.24, 2.45) is 0 Å². The Hall–Kier alpha value is -1.10. The van der Waals surface area contributed by atoms with Gasteiger partial charge < -0.3 is 20.5 Å². The van der Waals surface area contributed by atoms with Gasteiger partial charge in [0.15, 0.2) is 0 Å². The third-order valence-corrected chi connectivity index (χ3v) is 4.58. The molecule has 0 spiro atoms. The molecular formula is C20H34N2O2. The van der Waals surface area contributed by atoms with Gasteiger partial charge in [0, 0.05) is 23.7 Å². The van der Waals surface area contributed by atoms with E-state index in [1.165, 1.54) is 5.56 Å². The van der Waals surface area contributed by atoms with Crippen molar-refractivity contribution >= 4 is 0 Å². The fourth-order valence-electron chi connectivity index (χ4n) is 3.88. The standard InChI is InChI=1S/C20H34N2O2/c1-6-15-8-7-9-18(10-15)24-14-17(23)13-21-16-11-19(2,3)22-20(4,5)12-16/h7-10,16-17,21-23H,6,11-14H2,1-5H3/t17-/m1/s1. The van der Waals surface area contributed by atoms with E-state index in [1.54, 1.807) is 0 Å². The second kappa shape index (κ2) is 7.85. The van der Waals surface area contributed by atoms with Gasteiger partial charge in [0.1, 0.15) is 18.5 Å². The molecule has 0 amide bonds. The maximum Gasteiger partial charge on any atom is 0.119 e. The van der Waals surface area contributed by atoms with Gasteiger partial charge in [0.25, 0.3) is 0 Å². The number of piperidine rings is 1. The van der Waals surface area contributed by atoms with Crippen molar-refractivity contribution in [3.8, 4) is 5.75 Å². The summed E-state index contributed by atoms with van der Waals surface area (Å²) < 4.78 is 5.73. The van der Waals surface area contributed by atoms with Gasteiger partial charge in [-0.25, -0.2) is 0 Å². The molecule has 1 saturated heterocycles. The minimum absolute atomic E-state index is 0.113. The summed E-state index contributed by atoms with van der Waals surface area (Å²) in [5.74, 6) is 0.831. The summed E-state index contributed by atoms with van der Waals surface area (Å²) >= 11 is 0. The Bertz CT molecular complexity index is 512. The highest BCUT2D eigenvalue weighted by Crippen LogP contribution is 2.28. The van der Waals surface area contributed by atoms with E-state index in [0.29, 0.717) is 19.2 Å². The molecule has 0 aromatic heterocycles. The first-order valence-corrected chi connectivity index (χ1v) is 9.12. The number of rotatable bonds is 7. The first-order valence-electron chi connectivity index (χ1n) is 9.12. The topological polar surface area (TPSA) is 53.5 Å². The largest absolute Gasteiger partial charge is 0.491 e. The molecule has 0 saturated carbocycles. The number of ether oxygens (including phenoxy) is 1. The third kappa shape index (κ3) is 6.08. The molecule has 1 heterocycles. The lowest BCUT2D eigenvalue weighted by Gasteiger charge is -2.47. The first kappa shape index (κ1) is 19.2. The van der Waals surface area contributed by atoms with E-state index in [9.17, 15) is 5.11 Å². The summed E-state index contributed by atoms with van der Waals surface area (Å²) in [6, 6.07) is 8.48. The Labute approximate surface area is 147 Å². The van der Waals surface area contributed by atoms with Crippen LogP contribution in [-0.2, 0) is 6.42 Å². The van der Waals surface area contributed by atoms with Crippen LogP contribution >= 0.6 is 0 Å². The van der Waals surface area contributed by atoms with E-state index in [0.717, 1.165) is 25.0 Å². The van der Waals surface area contributed by atoms with E-state index in [2.05, 4.69) is 51.3 Å². The van der Waals surface area contributed by atoms with Crippen LogP contribution in [0.2, 0.25) is 0 Å². The highest BCUT2D eigenvalue weighted by molar-refractivity contribution is 5.28. The molecular weight excluding hydrogens is 300 g/mol. The number of hydrogen-bond donors (Lipinski definition) is 3. The fourth-order valence-corrected chi connectivity index (χ4v) is 3.88. The van der Waals surface area contributed by atoms with Crippen LogP contribution in [0.1, 0.15) is 53.0 Å². The zero-order valence-electron chi connectivity index (χ0n) is 15.9. The second-order valence-electron chi connectivity index (χ2n) is 8.37. The van der Waals surface area contributed by atoms with Crippen molar-refractivity contribution in [2.75, 3.05) is 13.2 Å². The van der Waals surface area contributed by atoms with Crippen LogP contribution in [0.5, 0.6) is 5.75 Å². The fraction of sp³-hybridized carbons (Fsp3) is 0.700. The summed E-state index contributed by atoms with van der Waals surface area (Å²) in [4.78, 5) is 0. The van der Waals surface area contributed by atoms with Crippen LogP contribution in [0.3, 0.4) is 0 Å². The summed E-state index contributed by atoms with van der Waals surface area (Å²) in [6.45, 7) is 12.0. The summed E-state index contributed by atoms with van der Waals surface area (Å²) in [6.07, 6.45) is 2.60. The Morgan fingerprint density at radius 2 is 1.92 bits per heavy atom. The quantitative estimate of drug-likeness (QED) is 0.718. The zero-order chi connectivity index (χ0) is 17.8. The van der Waals surface area contributed by atoms with E-state index in [4.69, 9.17) is 4.74 Å². The van der Waals surface area contributed by atoms with Crippen LogP contribution < -0.4 is 15.4 Å². The van der Waals surface area contributed by atoms with Gasteiger partial charge in [-0.1, -0.05) is 19.1 Å². The molecule has 1 aliphatic heterocycles. The average Bonchev–Trinajstić information content (AvgIpc) is 2.48. The summed E-state index contributed by atoms with van der Waals surface area (Å²) in [7, 11) is 0. The molecule has 1 atom stereocenters. The molecule has 4 heteroatoms. The van der Waals surface area contributed by atoms with Gasteiger partial charge in [0.05, 0.1) is 0 Å². The first-order chi connectivity index (χ1) is 11.2. The third-order valence-electron chi connectivity index (χ3n) is 4.58. The SMILES string of the molecule is CCc1cccc(OC[C@H](O)CNC2CC(C)(C)NC(C)(C)C2)c1. The Kier molecular flexibility index (Phi) is 6.29. The van der Waals surface area contributed by atoms with Gasteiger partial charge in [-0.3, -0.25) is 0 Å². The molecule has 0 unspecified atom stereocenters. The molecule has 1 aromatic carbocycles. The van der Waals surface area contributed by atoms with E-state index in [1.807, 2.05) is 18.2 Å². The van der Waals surface area contributed by atoms with Crippen LogP contribution in [0.25, 0.3) is 0 Å². The highest BCUT2D eigenvalue weighted by Gasteiger charge is 2.37. The normalized spacial score (nSPS) is 21.4. The molecule has 2 rings (SSSR count). The number of nitrogens with one attached hydrogen (secondary N) is 2. The van der Waals surface area contributed by atoms with Crippen molar-refractivity contribution in [2.45, 2.75) is 77.1 Å². The minimum Gasteiger partial charge on any atom is -0.491 e. The number of hydrogen-bond acceptors (Lipinski definition) is 4. The number of aliphatic hydroxyl groups excluding tert-OH is 1. The maximum atomic E-state index is 10.2. The van der Waals surface area contributed by atoms with Crippen LogP contribution in [-0.4, -0.2) is 41.5 Å². The number of aryl methyl sites for hydroxylation is 1. The molecule has 0 radical (unpaired) electrons. The molecule has 3 N–H and O–H groups in total. The van der Waals surface area contributed by atoms with Crippen LogP contribution in [0.4, 0.5) is 0 Å². The van der Waals surface area contributed by atoms with E-state index < -0.39 is 6.10 Å². The van der Waals surface area contributed by atoms with Crippen molar-refractivity contribution in [1.82, 2.24) is 10.6 Å². The van der Waals surface area contributed by atoms with Gasteiger partial charge in [0.2, 0.25) is 0 Å². The van der Waals surface area contributed by atoms with Gasteiger partial charge in [-0.15, -0.1) is 0 Å². The highest BCUT2D eigenvalue weighted by atomic mass is 16.5. The molecule has 0 bridgehead atoms. The van der Waals surface area contributed by atoms with Crippen molar-refractivity contribution in [3.05, 3.63) is 29.8 Å². The predicted molar refractivity (Wildman–Crippen MR) is 99.6 cm³/mol. The zero-order valence-corrected chi connectivity index (χ0v) is 15.9. The van der Waals surface area contributed by atoms with Gasteiger partial charge >= 0.3 is 0 Å². The lowest BCUT2D eigenvalue weighted by molar-refractivity contribution is 0.0901. The van der Waals surface area contributed by atoms with Gasteiger partial charge in [-0.2, -0.15) is 0 Å². The van der Waals surface area contributed by atoms with Crippen molar-refractivity contribution < 1.29 is 9.84 Å². The lowest BCUT2D eigenvalue weighted by Crippen LogP contribution is -2.62. The van der Waals surface area contributed by atoms with E-state index >= 15 is 0 Å². The van der Waals surface area contributed by atoms with Crippen molar-refractivity contribution in [1.29, 1.82) is 0 Å². The average molecular weight is 335 g/mol. The Morgan fingerprint density at radius 1 is 1.25 bits per heavy atom. The minimum atomic E-state index is -0.503. The maximum absolute atomic E-state index is 10.2. The molecule has 1 fully saturated rings. The second-order valence-corrected chi connectivity index (χ2v) is 8.37. The molecule has 24 heavy (non-hydrogen) atoms. The molecule has 1 aromatic rings. The molecule has 4 nitrogen and oxygen atoms in total. The predicted octanol–water partition coefficient (Wildman–Crippen LogP) is 2.89.